The first kappa shape index (κ1) is 10.9. The Labute approximate surface area is 120 Å². The number of aliphatic imine (C=N–C) groups is 1. The SMILES string of the molecule is c1ccc2c(c1)ccc1c3c(ccc12)CC1=NN=NC1=N3. The molecule has 0 fully saturated rings. The number of amidine groups is 1. The van der Waals surface area contributed by atoms with E-state index in [-0.39, 0.29) is 0 Å². The molecule has 3 aromatic rings. The van der Waals surface area contributed by atoms with Crippen LogP contribution in [-0.2, 0) is 6.42 Å². The van der Waals surface area contributed by atoms with Crippen molar-refractivity contribution in [1.29, 1.82) is 0 Å². The fourth-order valence-electron chi connectivity index (χ4n) is 3.10. The monoisotopic (exact) mass is 270 g/mol. The summed E-state index contributed by atoms with van der Waals surface area (Å²) in [5.41, 5.74) is 3.06. The van der Waals surface area contributed by atoms with Crippen molar-refractivity contribution in [2.75, 3.05) is 0 Å². The number of benzene rings is 3. The third-order valence-corrected chi connectivity index (χ3v) is 4.12. The van der Waals surface area contributed by atoms with Gasteiger partial charge in [0.1, 0.15) is 5.71 Å². The Morgan fingerprint density at radius 2 is 1.71 bits per heavy atom. The minimum Gasteiger partial charge on any atom is -0.225 e. The van der Waals surface area contributed by atoms with Crippen LogP contribution in [-0.4, -0.2) is 11.5 Å². The lowest BCUT2D eigenvalue weighted by Gasteiger charge is -2.15. The van der Waals surface area contributed by atoms with E-state index >= 15 is 0 Å². The van der Waals surface area contributed by atoms with E-state index in [4.69, 9.17) is 0 Å². The molecule has 5 rings (SSSR count). The van der Waals surface area contributed by atoms with Crippen molar-refractivity contribution in [3.05, 3.63) is 54.1 Å². The second-order valence-electron chi connectivity index (χ2n) is 5.30. The zero-order valence-electron chi connectivity index (χ0n) is 11.1. The van der Waals surface area contributed by atoms with Crippen LogP contribution >= 0.6 is 0 Å². The molecule has 4 nitrogen and oxygen atoms in total. The molecule has 0 spiro atoms. The van der Waals surface area contributed by atoms with Crippen LogP contribution in [0.4, 0.5) is 5.69 Å². The largest absolute Gasteiger partial charge is 0.225 e. The first-order chi connectivity index (χ1) is 10.4. The maximum Gasteiger partial charge on any atom is 0.200 e. The highest BCUT2D eigenvalue weighted by atomic mass is 15.4. The van der Waals surface area contributed by atoms with Crippen molar-refractivity contribution >= 4 is 38.8 Å². The maximum absolute atomic E-state index is 4.67. The number of rotatable bonds is 0. The first-order valence-electron chi connectivity index (χ1n) is 6.90. The van der Waals surface area contributed by atoms with Crippen molar-refractivity contribution in [3.63, 3.8) is 0 Å². The van der Waals surface area contributed by atoms with E-state index in [1.165, 1.54) is 27.1 Å². The predicted octanol–water partition coefficient (Wildman–Crippen LogP) is 4.40. The van der Waals surface area contributed by atoms with Gasteiger partial charge in [0, 0.05) is 11.8 Å². The lowest BCUT2D eigenvalue weighted by molar-refractivity contribution is 1.12. The normalized spacial score (nSPS) is 15.8. The molecule has 0 N–H and O–H groups in total. The molecular weight excluding hydrogens is 260 g/mol. The third kappa shape index (κ3) is 1.44. The molecule has 98 valence electrons. The second kappa shape index (κ2) is 3.82. The molecule has 0 saturated heterocycles. The van der Waals surface area contributed by atoms with Crippen LogP contribution in [0, 0.1) is 0 Å². The van der Waals surface area contributed by atoms with Gasteiger partial charge in [0.25, 0.3) is 0 Å². The van der Waals surface area contributed by atoms with Crippen LogP contribution in [0.3, 0.4) is 0 Å². The lowest BCUT2D eigenvalue weighted by atomic mass is 9.94. The average molecular weight is 270 g/mol. The third-order valence-electron chi connectivity index (χ3n) is 4.12. The summed E-state index contributed by atoms with van der Waals surface area (Å²) in [7, 11) is 0. The maximum atomic E-state index is 4.67. The minimum atomic E-state index is 0.656. The number of hydrogen-bond acceptors (Lipinski definition) is 4. The zero-order valence-corrected chi connectivity index (χ0v) is 11.1. The molecule has 2 aliphatic rings. The van der Waals surface area contributed by atoms with E-state index in [1.54, 1.807) is 0 Å². The Kier molecular flexibility index (Phi) is 1.98. The van der Waals surface area contributed by atoms with Gasteiger partial charge >= 0.3 is 0 Å². The first-order valence-corrected chi connectivity index (χ1v) is 6.90. The fraction of sp³-hybridized carbons (Fsp3) is 0.0588. The van der Waals surface area contributed by atoms with E-state index in [0.29, 0.717) is 5.84 Å². The molecule has 0 amide bonds. The fourth-order valence-corrected chi connectivity index (χ4v) is 3.10. The highest BCUT2D eigenvalue weighted by molar-refractivity contribution is 6.44. The van der Waals surface area contributed by atoms with Gasteiger partial charge in [-0.25, -0.2) is 4.99 Å². The van der Waals surface area contributed by atoms with Crippen LogP contribution in [0.2, 0.25) is 0 Å². The van der Waals surface area contributed by atoms with E-state index in [0.717, 1.165) is 17.8 Å². The quantitative estimate of drug-likeness (QED) is 0.544. The van der Waals surface area contributed by atoms with Crippen LogP contribution in [0.15, 0.2) is 69.0 Å². The molecule has 0 saturated carbocycles. The molecule has 0 aliphatic carbocycles. The molecule has 2 aliphatic heterocycles. The molecule has 0 atom stereocenters. The summed E-state index contributed by atoms with van der Waals surface area (Å²) in [4.78, 5) is 4.67. The minimum absolute atomic E-state index is 0.656. The molecule has 3 aromatic carbocycles. The Morgan fingerprint density at radius 3 is 2.71 bits per heavy atom. The van der Waals surface area contributed by atoms with Crippen molar-refractivity contribution in [2.45, 2.75) is 6.42 Å². The molecule has 0 bridgehead atoms. The van der Waals surface area contributed by atoms with Gasteiger partial charge in [-0.05, 0) is 26.9 Å². The zero-order chi connectivity index (χ0) is 13.8. The molecule has 4 heteroatoms. The summed E-state index contributed by atoms with van der Waals surface area (Å²) in [5.74, 6) is 0.656. The molecule has 21 heavy (non-hydrogen) atoms. The van der Waals surface area contributed by atoms with E-state index in [1.807, 2.05) is 0 Å². The Hall–Kier alpha value is -2.88. The molecule has 0 aromatic heterocycles. The highest BCUT2D eigenvalue weighted by Gasteiger charge is 2.23. The van der Waals surface area contributed by atoms with Crippen LogP contribution in [0.1, 0.15) is 5.56 Å². The van der Waals surface area contributed by atoms with Gasteiger partial charge in [-0.1, -0.05) is 48.5 Å². The van der Waals surface area contributed by atoms with Gasteiger partial charge in [-0.15, -0.1) is 10.2 Å². The molecule has 0 unspecified atom stereocenters. The smallest absolute Gasteiger partial charge is 0.200 e. The second-order valence-corrected chi connectivity index (χ2v) is 5.30. The van der Waals surface area contributed by atoms with E-state index in [9.17, 15) is 0 Å². The van der Waals surface area contributed by atoms with E-state index in [2.05, 4.69) is 69.0 Å². The standard InChI is InChI=1S/C17H10N4/c1-2-4-12-10(3-1)5-8-14-13(12)7-6-11-9-15-17(18-16(11)14)20-21-19-15/h1-8H,9H2. The molecule has 2 heterocycles. The summed E-state index contributed by atoms with van der Waals surface area (Å²) >= 11 is 0. The highest BCUT2D eigenvalue weighted by Crippen LogP contribution is 2.37. The Morgan fingerprint density at radius 1 is 0.810 bits per heavy atom. The number of fused-ring (bicyclic) bond motifs is 6. The topological polar surface area (TPSA) is 49.4 Å². The van der Waals surface area contributed by atoms with Gasteiger partial charge in [-0.3, -0.25) is 0 Å². The Bertz CT molecular complexity index is 1010. The van der Waals surface area contributed by atoms with Gasteiger partial charge in [0.15, 0.2) is 0 Å². The average Bonchev–Trinajstić information content (AvgIpc) is 2.99. The van der Waals surface area contributed by atoms with Crippen molar-refractivity contribution in [2.24, 2.45) is 20.4 Å². The van der Waals surface area contributed by atoms with Gasteiger partial charge < -0.3 is 0 Å². The van der Waals surface area contributed by atoms with Crippen molar-refractivity contribution in [1.82, 2.24) is 0 Å². The van der Waals surface area contributed by atoms with Gasteiger partial charge in [0.05, 0.1) is 5.69 Å². The van der Waals surface area contributed by atoms with Gasteiger partial charge in [-0.2, -0.15) is 0 Å². The molecular formula is C17H10N4. The summed E-state index contributed by atoms with van der Waals surface area (Å²) in [5, 5.41) is 16.6. The van der Waals surface area contributed by atoms with Crippen LogP contribution in [0.5, 0.6) is 0 Å². The van der Waals surface area contributed by atoms with Crippen LogP contribution < -0.4 is 0 Å². The Balaban J connectivity index is 1.91. The number of nitrogens with zero attached hydrogens (tertiary/aromatic N) is 4. The summed E-state index contributed by atoms with van der Waals surface area (Å²) in [6.07, 6.45) is 0.754. The summed E-state index contributed by atoms with van der Waals surface area (Å²) < 4.78 is 0. The van der Waals surface area contributed by atoms with Gasteiger partial charge in [0.2, 0.25) is 5.84 Å². The van der Waals surface area contributed by atoms with Crippen molar-refractivity contribution in [3.8, 4) is 0 Å². The predicted molar refractivity (Wildman–Crippen MR) is 84.5 cm³/mol. The lowest BCUT2D eigenvalue weighted by Crippen LogP contribution is -2.15. The summed E-state index contributed by atoms with van der Waals surface area (Å²) in [6, 6.07) is 17.1. The molecule has 0 radical (unpaired) electrons. The summed E-state index contributed by atoms with van der Waals surface area (Å²) in [6.45, 7) is 0. The van der Waals surface area contributed by atoms with Crippen molar-refractivity contribution < 1.29 is 0 Å². The number of hydrogen-bond donors (Lipinski definition) is 0. The van der Waals surface area contributed by atoms with Crippen LogP contribution in [0.25, 0.3) is 21.5 Å². The van der Waals surface area contributed by atoms with E-state index < -0.39 is 0 Å².